The molecule has 2 N–H and O–H groups in total. The van der Waals surface area contributed by atoms with Crippen molar-refractivity contribution in [1.82, 2.24) is 19.2 Å². The van der Waals surface area contributed by atoms with Crippen molar-refractivity contribution in [3.8, 4) is 5.69 Å². The average Bonchev–Trinajstić information content (AvgIpc) is 3.08. The standard InChI is InChI=1S/C11H10Cl2F2N4O3S.C10H11F3N2O/c1-5-16-19(11(20)18(5)10(14)15)9-4-8(17-23(2,21)22)6(12)3-7(9)13;1-15(2)9(16)14-8-5-3-4-7(6-8)10(11,12)13/h3-4,10,17H,1-2H3;3-6H,1-2H3,(H,14,16). The first-order valence-corrected chi connectivity index (χ1v) is 13.1. The smallest absolute Gasteiger partial charge is 0.331 e. The lowest BCUT2D eigenvalue weighted by Crippen LogP contribution is -2.27. The van der Waals surface area contributed by atoms with Crippen LogP contribution in [0.4, 0.5) is 38.1 Å². The third kappa shape index (κ3) is 8.56. The molecule has 10 nitrogen and oxygen atoms in total. The zero-order valence-corrected chi connectivity index (χ0v) is 22.8. The highest BCUT2D eigenvalue weighted by molar-refractivity contribution is 7.92. The van der Waals surface area contributed by atoms with Crippen LogP contribution in [-0.4, -0.2) is 54.0 Å². The molecule has 0 spiro atoms. The molecule has 2 aromatic carbocycles. The van der Waals surface area contributed by atoms with E-state index in [1.807, 2.05) is 0 Å². The molecular formula is C21H21Cl2F5N6O4S. The first-order chi connectivity index (χ1) is 17.8. The quantitative estimate of drug-likeness (QED) is 0.380. The Morgan fingerprint density at radius 3 is 2.21 bits per heavy atom. The molecule has 2 amide bonds. The topological polar surface area (TPSA) is 118 Å². The number of urea groups is 1. The molecule has 214 valence electrons. The van der Waals surface area contributed by atoms with Crippen molar-refractivity contribution >= 4 is 50.6 Å². The molecule has 0 bridgehead atoms. The Kier molecular flexibility index (Phi) is 9.97. The zero-order chi connectivity index (χ0) is 29.9. The summed E-state index contributed by atoms with van der Waals surface area (Å²) in [5, 5.41) is 5.97. The van der Waals surface area contributed by atoms with Gasteiger partial charge >= 0.3 is 24.4 Å². The first-order valence-electron chi connectivity index (χ1n) is 10.4. The summed E-state index contributed by atoms with van der Waals surface area (Å²) in [6.07, 6.45) is -3.50. The highest BCUT2D eigenvalue weighted by Crippen LogP contribution is 2.32. The molecule has 1 aromatic heterocycles. The fourth-order valence-electron chi connectivity index (χ4n) is 2.84. The molecular weight excluding hydrogens is 598 g/mol. The van der Waals surface area contributed by atoms with E-state index < -0.39 is 40.0 Å². The lowest BCUT2D eigenvalue weighted by Gasteiger charge is -2.13. The molecule has 3 aromatic rings. The normalized spacial score (nSPS) is 11.6. The van der Waals surface area contributed by atoms with Gasteiger partial charge in [0.05, 0.1) is 33.2 Å². The van der Waals surface area contributed by atoms with E-state index in [1.54, 1.807) is 0 Å². The zero-order valence-electron chi connectivity index (χ0n) is 20.5. The average molecular weight is 619 g/mol. The lowest BCUT2D eigenvalue weighted by atomic mass is 10.2. The van der Waals surface area contributed by atoms with Crippen LogP contribution in [0, 0.1) is 6.92 Å². The van der Waals surface area contributed by atoms with E-state index in [0.29, 0.717) is 4.68 Å². The fourth-order valence-corrected chi connectivity index (χ4v) is 3.98. The Balaban J connectivity index is 0.000000293. The second-order valence-corrected chi connectivity index (χ2v) is 10.5. The number of aromatic nitrogens is 3. The third-order valence-electron chi connectivity index (χ3n) is 4.58. The summed E-state index contributed by atoms with van der Waals surface area (Å²) < 4.78 is 88.3. The molecule has 3 rings (SSSR count). The largest absolute Gasteiger partial charge is 0.416 e. The monoisotopic (exact) mass is 618 g/mol. The number of amides is 2. The van der Waals surface area contributed by atoms with Crippen LogP contribution in [0.3, 0.4) is 0 Å². The number of rotatable bonds is 5. The summed E-state index contributed by atoms with van der Waals surface area (Å²) in [7, 11) is -0.643. The molecule has 0 saturated carbocycles. The van der Waals surface area contributed by atoms with Gasteiger partial charge in [-0.1, -0.05) is 29.3 Å². The predicted molar refractivity (Wildman–Crippen MR) is 136 cm³/mol. The van der Waals surface area contributed by atoms with E-state index in [9.17, 15) is 40.0 Å². The number of sulfonamides is 1. The van der Waals surface area contributed by atoms with Crippen molar-refractivity contribution in [2.24, 2.45) is 0 Å². The van der Waals surface area contributed by atoms with Crippen molar-refractivity contribution in [3.05, 3.63) is 68.3 Å². The van der Waals surface area contributed by atoms with Gasteiger partial charge in [0.15, 0.2) is 0 Å². The maximum Gasteiger partial charge on any atom is 0.416 e. The third-order valence-corrected chi connectivity index (χ3v) is 5.79. The van der Waals surface area contributed by atoms with Crippen LogP contribution in [0.25, 0.3) is 5.69 Å². The summed E-state index contributed by atoms with van der Waals surface area (Å²) in [5.41, 5.74) is -1.94. The first kappa shape index (κ1) is 31.8. The van der Waals surface area contributed by atoms with E-state index in [4.69, 9.17) is 23.2 Å². The van der Waals surface area contributed by atoms with E-state index in [2.05, 4.69) is 15.1 Å². The Morgan fingerprint density at radius 1 is 1.10 bits per heavy atom. The minimum Gasteiger partial charge on any atom is -0.331 e. The number of carbonyl (C=O) groups excluding carboxylic acids is 1. The summed E-state index contributed by atoms with van der Waals surface area (Å²) in [6.45, 7) is -1.85. The number of hydrogen-bond donors (Lipinski definition) is 2. The summed E-state index contributed by atoms with van der Waals surface area (Å²) in [4.78, 5) is 24.5. The molecule has 39 heavy (non-hydrogen) atoms. The second-order valence-electron chi connectivity index (χ2n) is 7.95. The van der Waals surface area contributed by atoms with Gasteiger partial charge in [0.25, 0.3) is 0 Å². The molecule has 0 aliphatic rings. The van der Waals surface area contributed by atoms with Crippen molar-refractivity contribution in [1.29, 1.82) is 0 Å². The Labute approximate surface area is 229 Å². The number of alkyl halides is 5. The van der Waals surface area contributed by atoms with Gasteiger partial charge in [-0.15, -0.1) is 5.10 Å². The lowest BCUT2D eigenvalue weighted by molar-refractivity contribution is -0.137. The van der Waals surface area contributed by atoms with Crippen LogP contribution in [0.15, 0.2) is 41.2 Å². The molecule has 0 aliphatic heterocycles. The highest BCUT2D eigenvalue weighted by Gasteiger charge is 2.30. The van der Waals surface area contributed by atoms with Gasteiger partial charge < -0.3 is 10.2 Å². The molecule has 0 atom stereocenters. The van der Waals surface area contributed by atoms with Crippen LogP contribution < -0.4 is 15.7 Å². The summed E-state index contributed by atoms with van der Waals surface area (Å²) in [6, 6.07) is 6.32. The van der Waals surface area contributed by atoms with E-state index in [-0.39, 0.29) is 37.5 Å². The van der Waals surface area contributed by atoms with Crippen LogP contribution in [0.5, 0.6) is 0 Å². The number of halogens is 7. The number of hydrogen-bond acceptors (Lipinski definition) is 5. The van der Waals surface area contributed by atoms with Gasteiger partial charge in [-0.25, -0.2) is 22.6 Å². The molecule has 1 heterocycles. The Morgan fingerprint density at radius 2 is 1.72 bits per heavy atom. The van der Waals surface area contributed by atoms with Crippen LogP contribution in [-0.2, 0) is 16.2 Å². The van der Waals surface area contributed by atoms with Crippen molar-refractivity contribution in [3.63, 3.8) is 0 Å². The van der Waals surface area contributed by atoms with Crippen LogP contribution in [0.1, 0.15) is 17.9 Å². The van der Waals surface area contributed by atoms with Gasteiger partial charge in [0, 0.05) is 19.8 Å². The minimum absolute atomic E-state index is 0.0257. The van der Waals surface area contributed by atoms with Crippen molar-refractivity contribution in [2.75, 3.05) is 30.4 Å². The van der Waals surface area contributed by atoms with E-state index in [0.717, 1.165) is 24.5 Å². The van der Waals surface area contributed by atoms with Crippen LogP contribution >= 0.6 is 23.2 Å². The number of benzene rings is 2. The molecule has 0 radical (unpaired) electrons. The minimum atomic E-state index is -4.40. The predicted octanol–water partition coefficient (Wildman–Crippen LogP) is 5.21. The Hall–Kier alpha value is -3.37. The molecule has 0 aliphatic carbocycles. The van der Waals surface area contributed by atoms with E-state index >= 15 is 0 Å². The van der Waals surface area contributed by atoms with Crippen molar-refractivity contribution < 1.29 is 35.2 Å². The number of carbonyl (C=O) groups is 1. The second kappa shape index (κ2) is 12.2. The number of aryl methyl sites for hydroxylation is 1. The number of nitrogens with zero attached hydrogens (tertiary/aromatic N) is 4. The van der Waals surface area contributed by atoms with Gasteiger partial charge in [-0.2, -0.15) is 26.6 Å². The van der Waals surface area contributed by atoms with E-state index in [1.165, 1.54) is 44.1 Å². The summed E-state index contributed by atoms with van der Waals surface area (Å²) >= 11 is 11.8. The molecule has 0 unspecified atom stereocenters. The fraction of sp³-hybridized carbons (Fsp3) is 0.286. The molecule has 18 heteroatoms. The molecule has 0 fully saturated rings. The Bertz CT molecular complexity index is 1520. The number of anilines is 2. The van der Waals surface area contributed by atoms with Gasteiger partial charge in [-0.05, 0) is 37.3 Å². The van der Waals surface area contributed by atoms with Crippen LogP contribution in [0.2, 0.25) is 10.0 Å². The highest BCUT2D eigenvalue weighted by atomic mass is 35.5. The maximum absolute atomic E-state index is 12.8. The van der Waals surface area contributed by atoms with Gasteiger partial charge in [0.1, 0.15) is 5.82 Å². The van der Waals surface area contributed by atoms with Gasteiger partial charge in [0.2, 0.25) is 10.0 Å². The number of nitrogens with one attached hydrogen (secondary N) is 2. The summed E-state index contributed by atoms with van der Waals surface area (Å²) in [5.74, 6) is -0.228. The van der Waals surface area contributed by atoms with Gasteiger partial charge in [-0.3, -0.25) is 4.72 Å². The van der Waals surface area contributed by atoms with Crippen molar-refractivity contribution in [2.45, 2.75) is 19.6 Å². The SMILES string of the molecule is CN(C)C(=O)Nc1cccc(C(F)(F)F)c1.Cc1nn(-c2cc(NS(C)(=O)=O)c(Cl)cc2Cl)c(=O)n1C(F)F. The maximum atomic E-state index is 12.8. The molecule has 0 saturated heterocycles.